The Bertz CT molecular complexity index is 777. The number of rotatable bonds is 7. The molecule has 0 aliphatic rings. The number of nitrogens with one attached hydrogen (secondary N) is 2. The third-order valence-corrected chi connectivity index (χ3v) is 3.56. The summed E-state index contributed by atoms with van der Waals surface area (Å²) in [5.41, 5.74) is 2.65. The average Bonchev–Trinajstić information content (AvgIpc) is 3.19. The predicted octanol–water partition coefficient (Wildman–Crippen LogP) is 3.42. The topological polar surface area (TPSA) is 102 Å². The highest BCUT2D eigenvalue weighted by Gasteiger charge is 2.10. The molecular weight excluding hydrogens is 320 g/mol. The highest BCUT2D eigenvalue weighted by Crippen LogP contribution is 2.19. The van der Waals surface area contributed by atoms with Gasteiger partial charge in [0.25, 0.3) is 0 Å². The Kier molecular flexibility index (Phi) is 4.97. The molecule has 0 amide bonds. The van der Waals surface area contributed by atoms with E-state index < -0.39 is 0 Å². The van der Waals surface area contributed by atoms with Crippen molar-refractivity contribution in [3.05, 3.63) is 46.8 Å². The molecular formula is C17H22N6O2. The van der Waals surface area contributed by atoms with Gasteiger partial charge < -0.3 is 19.7 Å². The molecule has 0 aliphatic carbocycles. The van der Waals surface area contributed by atoms with Crippen LogP contribution in [0.2, 0.25) is 0 Å². The van der Waals surface area contributed by atoms with E-state index in [9.17, 15) is 0 Å². The van der Waals surface area contributed by atoms with E-state index in [0.717, 1.165) is 34.4 Å². The molecule has 0 saturated heterocycles. The Labute approximate surface area is 146 Å². The quantitative estimate of drug-likeness (QED) is 0.673. The van der Waals surface area contributed by atoms with Gasteiger partial charge in [-0.15, -0.1) is 0 Å². The third kappa shape index (κ3) is 4.56. The summed E-state index contributed by atoms with van der Waals surface area (Å²) in [5, 5.41) is 14.2. The summed E-state index contributed by atoms with van der Waals surface area (Å²) in [6, 6.07) is 5.71. The third-order valence-electron chi connectivity index (χ3n) is 3.56. The first kappa shape index (κ1) is 16.9. The molecule has 8 nitrogen and oxygen atoms in total. The largest absolute Gasteiger partial charge is 0.363 e. The van der Waals surface area contributed by atoms with Crippen LogP contribution in [0.4, 0.5) is 11.8 Å². The normalized spacial score (nSPS) is 11.1. The first-order valence-corrected chi connectivity index (χ1v) is 8.20. The van der Waals surface area contributed by atoms with E-state index in [2.05, 4.69) is 44.8 Å². The number of aromatic nitrogens is 4. The second kappa shape index (κ2) is 7.33. The Balaban J connectivity index is 1.71. The van der Waals surface area contributed by atoms with Gasteiger partial charge in [0.15, 0.2) is 11.5 Å². The number of hydrogen-bond acceptors (Lipinski definition) is 8. The summed E-state index contributed by atoms with van der Waals surface area (Å²) in [5.74, 6) is 3.04. The predicted molar refractivity (Wildman–Crippen MR) is 93.3 cm³/mol. The van der Waals surface area contributed by atoms with Crippen LogP contribution < -0.4 is 10.6 Å². The van der Waals surface area contributed by atoms with Crippen LogP contribution >= 0.6 is 0 Å². The average molecular weight is 342 g/mol. The zero-order valence-electron chi connectivity index (χ0n) is 14.8. The number of hydrogen-bond donors (Lipinski definition) is 2. The Morgan fingerprint density at radius 3 is 2.00 bits per heavy atom. The van der Waals surface area contributed by atoms with Crippen LogP contribution in [0.3, 0.4) is 0 Å². The molecule has 0 spiro atoms. The molecule has 0 radical (unpaired) electrons. The van der Waals surface area contributed by atoms with E-state index in [1.807, 2.05) is 32.0 Å². The van der Waals surface area contributed by atoms with Crippen LogP contribution in [0, 0.1) is 13.8 Å². The maximum atomic E-state index is 5.21. The number of aryl methyl sites for hydroxylation is 2. The van der Waals surface area contributed by atoms with Crippen LogP contribution in [0.1, 0.15) is 48.4 Å². The molecule has 8 heteroatoms. The van der Waals surface area contributed by atoms with Gasteiger partial charge in [0.05, 0.1) is 30.2 Å². The molecule has 3 heterocycles. The summed E-state index contributed by atoms with van der Waals surface area (Å²) in [7, 11) is 0. The summed E-state index contributed by atoms with van der Waals surface area (Å²) < 4.78 is 10.4. The first-order chi connectivity index (χ1) is 12.0. The van der Waals surface area contributed by atoms with Crippen molar-refractivity contribution in [2.24, 2.45) is 0 Å². The highest BCUT2D eigenvalue weighted by atomic mass is 16.5. The van der Waals surface area contributed by atoms with E-state index in [0.29, 0.717) is 19.0 Å². The van der Waals surface area contributed by atoms with E-state index in [1.165, 1.54) is 0 Å². The second-order valence-electron chi connectivity index (χ2n) is 6.23. The van der Waals surface area contributed by atoms with Crippen molar-refractivity contribution in [1.82, 2.24) is 20.3 Å². The van der Waals surface area contributed by atoms with Crippen LogP contribution in [-0.2, 0) is 13.1 Å². The molecule has 0 aromatic carbocycles. The lowest BCUT2D eigenvalue weighted by Crippen LogP contribution is -2.09. The van der Waals surface area contributed by atoms with Crippen LogP contribution in [0.25, 0.3) is 0 Å². The maximum absolute atomic E-state index is 5.21. The minimum absolute atomic E-state index is 0.282. The minimum atomic E-state index is 0.282. The van der Waals surface area contributed by atoms with Gasteiger partial charge >= 0.3 is 0 Å². The van der Waals surface area contributed by atoms with Crippen molar-refractivity contribution in [1.29, 1.82) is 0 Å². The molecule has 0 aliphatic heterocycles. The fourth-order valence-electron chi connectivity index (χ4n) is 2.27. The minimum Gasteiger partial charge on any atom is -0.363 e. The van der Waals surface area contributed by atoms with Crippen molar-refractivity contribution in [2.45, 2.75) is 46.7 Å². The first-order valence-electron chi connectivity index (χ1n) is 8.20. The molecule has 0 atom stereocenters. The lowest BCUT2D eigenvalue weighted by molar-refractivity contribution is 0.384. The standard InChI is InChI=1S/C17H22N6O2/c1-10(2)15-7-16(18-8-13-5-11(3)22-24-13)21-17(20-15)19-9-14-6-12(4)23-25-14/h5-7,10H,8-9H2,1-4H3,(H2,18,19,20,21). The van der Waals surface area contributed by atoms with Crippen molar-refractivity contribution >= 4 is 11.8 Å². The number of anilines is 2. The van der Waals surface area contributed by atoms with Crippen LogP contribution in [-0.4, -0.2) is 20.3 Å². The van der Waals surface area contributed by atoms with Gasteiger partial charge in [-0.25, -0.2) is 4.98 Å². The lowest BCUT2D eigenvalue weighted by atomic mass is 10.1. The fourth-order valence-corrected chi connectivity index (χ4v) is 2.27. The Morgan fingerprint density at radius 1 is 0.880 bits per heavy atom. The zero-order valence-corrected chi connectivity index (χ0v) is 14.8. The SMILES string of the molecule is Cc1cc(CNc2cc(C(C)C)nc(NCc3cc(C)no3)n2)on1. The molecule has 0 fully saturated rings. The van der Waals surface area contributed by atoms with Gasteiger partial charge in [0.2, 0.25) is 5.95 Å². The van der Waals surface area contributed by atoms with Gasteiger partial charge in [0, 0.05) is 18.2 Å². The molecule has 0 unspecified atom stereocenters. The van der Waals surface area contributed by atoms with Gasteiger partial charge in [0.1, 0.15) is 5.82 Å². The molecule has 2 N–H and O–H groups in total. The molecule has 3 aromatic rings. The Hall–Kier alpha value is -2.90. The van der Waals surface area contributed by atoms with Gasteiger partial charge in [-0.1, -0.05) is 24.2 Å². The maximum Gasteiger partial charge on any atom is 0.225 e. The van der Waals surface area contributed by atoms with Gasteiger partial charge in [-0.05, 0) is 19.8 Å². The number of nitrogens with zero attached hydrogens (tertiary/aromatic N) is 4. The van der Waals surface area contributed by atoms with Crippen LogP contribution in [0.15, 0.2) is 27.2 Å². The summed E-state index contributed by atoms with van der Waals surface area (Å²) in [4.78, 5) is 9.06. The van der Waals surface area contributed by atoms with E-state index in [-0.39, 0.29) is 5.92 Å². The van der Waals surface area contributed by atoms with Crippen molar-refractivity contribution < 1.29 is 9.05 Å². The summed E-state index contributed by atoms with van der Waals surface area (Å²) in [6.45, 7) is 8.95. The van der Waals surface area contributed by atoms with E-state index >= 15 is 0 Å². The fraction of sp³-hybridized carbons (Fsp3) is 0.412. The van der Waals surface area contributed by atoms with Gasteiger partial charge in [-0.2, -0.15) is 4.98 Å². The van der Waals surface area contributed by atoms with Crippen molar-refractivity contribution in [3.63, 3.8) is 0 Å². The zero-order chi connectivity index (χ0) is 17.8. The smallest absolute Gasteiger partial charge is 0.225 e. The summed E-state index contributed by atoms with van der Waals surface area (Å²) >= 11 is 0. The lowest BCUT2D eigenvalue weighted by Gasteiger charge is -2.11. The molecule has 0 saturated carbocycles. The Morgan fingerprint density at radius 2 is 1.48 bits per heavy atom. The highest BCUT2D eigenvalue weighted by molar-refractivity contribution is 5.43. The molecule has 3 aromatic heterocycles. The summed E-state index contributed by atoms with van der Waals surface area (Å²) in [6.07, 6.45) is 0. The molecule has 25 heavy (non-hydrogen) atoms. The molecule has 3 rings (SSSR count). The van der Waals surface area contributed by atoms with Crippen molar-refractivity contribution in [2.75, 3.05) is 10.6 Å². The van der Waals surface area contributed by atoms with E-state index in [4.69, 9.17) is 9.05 Å². The van der Waals surface area contributed by atoms with Gasteiger partial charge in [-0.3, -0.25) is 0 Å². The monoisotopic (exact) mass is 342 g/mol. The van der Waals surface area contributed by atoms with E-state index in [1.54, 1.807) is 0 Å². The van der Waals surface area contributed by atoms with Crippen molar-refractivity contribution in [3.8, 4) is 0 Å². The van der Waals surface area contributed by atoms with Crippen LogP contribution in [0.5, 0.6) is 0 Å². The second-order valence-corrected chi connectivity index (χ2v) is 6.23. The molecule has 0 bridgehead atoms. The molecule has 132 valence electrons.